The Bertz CT molecular complexity index is 1170. The number of nitrogens with two attached hydrogens (primary N) is 1. The van der Waals surface area contributed by atoms with Crippen LogP contribution >= 0.6 is 23.4 Å². The maximum Gasteiger partial charge on any atom is 0.416 e. The number of aromatic nitrogens is 2. The van der Waals surface area contributed by atoms with Crippen molar-refractivity contribution in [3.05, 3.63) is 64.7 Å². The van der Waals surface area contributed by atoms with E-state index >= 15 is 0 Å². The smallest absolute Gasteiger partial charge is 0.383 e. The molecular weight excluding hydrogens is 490 g/mol. The number of thioether (sulfide) groups is 1. The van der Waals surface area contributed by atoms with Crippen molar-refractivity contribution in [2.24, 2.45) is 0 Å². The summed E-state index contributed by atoms with van der Waals surface area (Å²) in [5, 5.41) is 1.90. The maximum absolute atomic E-state index is 14.0. The summed E-state index contributed by atoms with van der Waals surface area (Å²) in [5.74, 6) is 0.122. The maximum atomic E-state index is 14.0. The summed E-state index contributed by atoms with van der Waals surface area (Å²) in [6, 6.07) is 7.01. The molecule has 5 nitrogen and oxygen atoms in total. The average Bonchev–Trinajstić information content (AvgIpc) is 2.82. The van der Waals surface area contributed by atoms with Gasteiger partial charge in [-0.05, 0) is 42.8 Å². The highest BCUT2D eigenvalue weighted by Gasteiger charge is 2.36. The Labute approximate surface area is 203 Å². The normalized spacial score (nSPS) is 15.4. The minimum atomic E-state index is -4.68. The van der Waals surface area contributed by atoms with Gasteiger partial charge in [0.1, 0.15) is 17.5 Å². The van der Waals surface area contributed by atoms with E-state index in [-0.39, 0.29) is 11.4 Å². The van der Waals surface area contributed by atoms with Crippen molar-refractivity contribution in [3.8, 4) is 11.1 Å². The summed E-state index contributed by atoms with van der Waals surface area (Å²) >= 11 is 7.00. The van der Waals surface area contributed by atoms with E-state index in [9.17, 15) is 17.6 Å². The topological polar surface area (TPSA) is 67.1 Å². The van der Waals surface area contributed by atoms with Crippen LogP contribution in [-0.2, 0) is 6.18 Å². The fraction of sp³-hybridized carbons (Fsp3) is 0.304. The van der Waals surface area contributed by atoms with Gasteiger partial charge in [0.05, 0.1) is 15.5 Å². The molecule has 11 heteroatoms. The van der Waals surface area contributed by atoms with Crippen LogP contribution in [0.4, 0.5) is 29.2 Å². The monoisotopic (exact) mass is 511 g/mol. The van der Waals surface area contributed by atoms with Crippen molar-refractivity contribution in [1.82, 2.24) is 15.3 Å². The van der Waals surface area contributed by atoms with Gasteiger partial charge in [0.25, 0.3) is 0 Å². The number of benzene rings is 1. The Morgan fingerprint density at radius 1 is 1.09 bits per heavy atom. The summed E-state index contributed by atoms with van der Waals surface area (Å²) < 4.78 is 54.7. The molecule has 1 atom stereocenters. The third-order valence-electron chi connectivity index (χ3n) is 5.55. The molecule has 3 aromatic rings. The molecule has 3 N–H and O–H groups in total. The van der Waals surface area contributed by atoms with Crippen molar-refractivity contribution in [2.45, 2.75) is 23.2 Å². The number of hydrogen-bond donors (Lipinski definition) is 2. The Morgan fingerprint density at radius 2 is 1.79 bits per heavy atom. The van der Waals surface area contributed by atoms with Gasteiger partial charge in [-0.1, -0.05) is 11.6 Å². The molecule has 2 aromatic heterocycles. The zero-order valence-corrected chi connectivity index (χ0v) is 19.7. The number of alkyl halides is 3. The number of nitrogen functional groups attached to an aromatic ring is 1. The molecule has 0 bridgehead atoms. The first-order valence-corrected chi connectivity index (χ1v) is 11.8. The standard InChI is InChI=1S/C23H22ClF4N5S/c1-13(20-16(23(26,27)28)3-4-17(25)21(20)24)34-18-10-15(12-32-22(18)29)14-2-5-19(31-11-14)33-8-6-30-7-9-33/h2-5,10-13,30H,6-9H2,1H3,(H2,29,32). The Hall–Kier alpha value is -2.56. The predicted molar refractivity (Wildman–Crippen MR) is 128 cm³/mol. The van der Waals surface area contributed by atoms with Crippen LogP contribution in [0.5, 0.6) is 0 Å². The van der Waals surface area contributed by atoms with Crippen LogP contribution in [0.2, 0.25) is 5.02 Å². The molecule has 1 saturated heterocycles. The number of nitrogens with zero attached hydrogens (tertiary/aromatic N) is 3. The highest BCUT2D eigenvalue weighted by molar-refractivity contribution is 7.99. The number of nitrogens with one attached hydrogen (secondary N) is 1. The van der Waals surface area contributed by atoms with Crippen molar-refractivity contribution < 1.29 is 17.6 Å². The van der Waals surface area contributed by atoms with Crippen LogP contribution in [-0.4, -0.2) is 36.1 Å². The van der Waals surface area contributed by atoms with E-state index in [2.05, 4.69) is 20.2 Å². The number of halogens is 5. The van der Waals surface area contributed by atoms with Crippen LogP contribution in [0, 0.1) is 5.82 Å². The number of hydrogen-bond acceptors (Lipinski definition) is 6. The van der Waals surface area contributed by atoms with E-state index in [1.807, 2.05) is 12.1 Å². The summed E-state index contributed by atoms with van der Waals surface area (Å²) in [7, 11) is 0. The highest BCUT2D eigenvalue weighted by atomic mass is 35.5. The van der Waals surface area contributed by atoms with Crippen molar-refractivity contribution in [2.75, 3.05) is 36.8 Å². The molecule has 1 aliphatic heterocycles. The van der Waals surface area contributed by atoms with E-state index < -0.39 is 27.8 Å². The van der Waals surface area contributed by atoms with Gasteiger partial charge < -0.3 is 16.0 Å². The lowest BCUT2D eigenvalue weighted by Crippen LogP contribution is -2.43. The summed E-state index contributed by atoms with van der Waals surface area (Å²) in [5.41, 5.74) is 6.22. The van der Waals surface area contributed by atoms with Gasteiger partial charge in [-0.25, -0.2) is 14.4 Å². The van der Waals surface area contributed by atoms with Crippen LogP contribution < -0.4 is 16.0 Å². The second kappa shape index (κ2) is 9.97. The fourth-order valence-corrected chi connectivity index (χ4v) is 5.31. The van der Waals surface area contributed by atoms with Gasteiger partial charge in [-0.3, -0.25) is 0 Å². The van der Waals surface area contributed by atoms with Gasteiger partial charge in [0.15, 0.2) is 0 Å². The van der Waals surface area contributed by atoms with E-state index in [1.54, 1.807) is 18.5 Å². The average molecular weight is 512 g/mol. The van der Waals surface area contributed by atoms with Crippen molar-refractivity contribution in [1.29, 1.82) is 0 Å². The van der Waals surface area contributed by atoms with Crippen LogP contribution in [0.3, 0.4) is 0 Å². The Morgan fingerprint density at radius 3 is 2.44 bits per heavy atom. The molecule has 1 unspecified atom stereocenters. The second-order valence-electron chi connectivity index (χ2n) is 7.83. The van der Waals surface area contributed by atoms with Crippen LogP contribution in [0.1, 0.15) is 23.3 Å². The summed E-state index contributed by atoms with van der Waals surface area (Å²) in [4.78, 5) is 11.4. The lowest BCUT2D eigenvalue weighted by Gasteiger charge is -2.28. The zero-order chi connectivity index (χ0) is 24.5. The molecular formula is C23H22ClF4N5S. The number of anilines is 2. The molecule has 1 aromatic carbocycles. The highest BCUT2D eigenvalue weighted by Crippen LogP contribution is 2.46. The van der Waals surface area contributed by atoms with E-state index in [0.717, 1.165) is 55.4 Å². The minimum absolute atomic E-state index is 0.159. The quantitative estimate of drug-likeness (QED) is 0.333. The molecule has 34 heavy (non-hydrogen) atoms. The molecule has 180 valence electrons. The molecule has 0 saturated carbocycles. The van der Waals surface area contributed by atoms with Crippen LogP contribution in [0.25, 0.3) is 11.1 Å². The fourth-order valence-electron chi connectivity index (χ4n) is 3.81. The van der Waals surface area contributed by atoms with Gasteiger partial charge in [-0.2, -0.15) is 13.2 Å². The number of piperazine rings is 1. The largest absolute Gasteiger partial charge is 0.416 e. The van der Waals surface area contributed by atoms with E-state index in [1.165, 1.54) is 6.92 Å². The first-order chi connectivity index (χ1) is 16.1. The zero-order valence-electron chi connectivity index (χ0n) is 18.2. The minimum Gasteiger partial charge on any atom is -0.383 e. The lowest BCUT2D eigenvalue weighted by molar-refractivity contribution is -0.138. The van der Waals surface area contributed by atoms with Crippen molar-refractivity contribution >= 4 is 35.0 Å². The third-order valence-corrected chi connectivity index (χ3v) is 7.11. The number of rotatable bonds is 5. The summed E-state index contributed by atoms with van der Waals surface area (Å²) in [6.45, 7) is 5.06. The molecule has 0 radical (unpaired) electrons. The molecule has 0 amide bonds. The third kappa shape index (κ3) is 5.24. The molecule has 1 fully saturated rings. The Kier molecular flexibility index (Phi) is 7.20. The molecule has 0 spiro atoms. The summed E-state index contributed by atoms with van der Waals surface area (Å²) in [6.07, 6.45) is -1.36. The van der Waals surface area contributed by atoms with Gasteiger partial charge >= 0.3 is 6.18 Å². The predicted octanol–water partition coefficient (Wildman–Crippen LogP) is 5.80. The van der Waals surface area contributed by atoms with Crippen LogP contribution in [0.15, 0.2) is 47.6 Å². The van der Waals surface area contributed by atoms with E-state index in [0.29, 0.717) is 16.5 Å². The lowest BCUT2D eigenvalue weighted by atomic mass is 10.0. The second-order valence-corrected chi connectivity index (χ2v) is 9.59. The Balaban J connectivity index is 1.61. The van der Waals surface area contributed by atoms with Gasteiger partial charge in [0.2, 0.25) is 0 Å². The molecule has 4 rings (SSSR count). The van der Waals surface area contributed by atoms with Gasteiger partial charge in [0, 0.05) is 54.9 Å². The van der Waals surface area contributed by atoms with E-state index in [4.69, 9.17) is 17.3 Å². The number of pyridine rings is 2. The first-order valence-electron chi connectivity index (χ1n) is 10.5. The first kappa shape index (κ1) is 24.6. The molecule has 0 aliphatic carbocycles. The molecule has 3 heterocycles. The molecule has 1 aliphatic rings. The van der Waals surface area contributed by atoms with Gasteiger partial charge in [-0.15, -0.1) is 11.8 Å². The van der Waals surface area contributed by atoms with Crippen molar-refractivity contribution in [3.63, 3.8) is 0 Å². The SMILES string of the molecule is CC(Sc1cc(-c2ccc(N3CCNCC3)nc2)cnc1N)c1c(C(F)(F)F)ccc(F)c1Cl.